The van der Waals surface area contributed by atoms with E-state index in [0.29, 0.717) is 6.42 Å². The molecule has 6 nitrogen and oxygen atoms in total. The van der Waals surface area contributed by atoms with Crippen LogP contribution in [-0.4, -0.2) is 22.5 Å². The first-order chi connectivity index (χ1) is 14.6. The lowest BCUT2D eigenvalue weighted by atomic mass is 9.69. The van der Waals surface area contributed by atoms with Crippen molar-refractivity contribution in [2.45, 2.75) is 37.1 Å². The van der Waals surface area contributed by atoms with Crippen molar-refractivity contribution in [1.82, 2.24) is 4.98 Å². The molecule has 150 valence electrons. The summed E-state index contributed by atoms with van der Waals surface area (Å²) >= 11 is 1.52. The Kier molecular flexibility index (Phi) is 4.52. The van der Waals surface area contributed by atoms with Gasteiger partial charge in [-0.1, -0.05) is 30.3 Å². The van der Waals surface area contributed by atoms with Crippen molar-refractivity contribution in [3.63, 3.8) is 0 Å². The van der Waals surface area contributed by atoms with E-state index in [9.17, 15) is 15.4 Å². The third-order valence-corrected chi connectivity index (χ3v) is 7.30. The number of non-ortho nitro benzene ring substituents is 1. The first-order valence-corrected chi connectivity index (χ1v) is 11.0. The third kappa shape index (κ3) is 2.87. The average molecular weight is 417 g/mol. The van der Waals surface area contributed by atoms with E-state index >= 15 is 0 Å². The molecule has 3 heterocycles. The number of nitriles is 1. The molecule has 2 atom stereocenters. The fraction of sp³-hybridized carbons (Fsp3) is 0.304. The van der Waals surface area contributed by atoms with Crippen LogP contribution < -0.4 is 4.90 Å². The molecule has 30 heavy (non-hydrogen) atoms. The maximum Gasteiger partial charge on any atom is 0.269 e. The Morgan fingerprint density at radius 3 is 2.83 bits per heavy atom. The highest BCUT2D eigenvalue weighted by molar-refractivity contribution is 7.10. The normalized spacial score (nSPS) is 22.6. The van der Waals surface area contributed by atoms with Crippen molar-refractivity contribution in [1.29, 1.82) is 5.26 Å². The van der Waals surface area contributed by atoms with Crippen LogP contribution >= 0.6 is 11.3 Å². The van der Waals surface area contributed by atoms with Crippen molar-refractivity contribution in [3.8, 4) is 17.3 Å². The van der Waals surface area contributed by atoms with Gasteiger partial charge < -0.3 is 4.90 Å². The third-order valence-electron chi connectivity index (χ3n) is 6.28. The lowest BCUT2D eigenvalue weighted by molar-refractivity contribution is -0.384. The zero-order chi connectivity index (χ0) is 20.7. The van der Waals surface area contributed by atoms with Gasteiger partial charge in [-0.3, -0.25) is 10.1 Å². The number of hydrogen-bond acceptors (Lipinski definition) is 6. The second kappa shape index (κ2) is 7.22. The molecule has 3 aromatic rings. The average Bonchev–Trinajstić information content (AvgIpc) is 3.29. The first kappa shape index (κ1) is 18.8. The summed E-state index contributed by atoms with van der Waals surface area (Å²) < 4.78 is 0. The van der Waals surface area contributed by atoms with Gasteiger partial charge in [0.25, 0.3) is 5.69 Å². The molecule has 1 aromatic heterocycles. The summed E-state index contributed by atoms with van der Waals surface area (Å²) in [6.07, 6.45) is 3.50. The smallest absolute Gasteiger partial charge is 0.269 e. The van der Waals surface area contributed by atoms with Crippen molar-refractivity contribution in [2.75, 3.05) is 11.4 Å². The quantitative estimate of drug-likeness (QED) is 0.438. The molecule has 7 heteroatoms. The molecule has 2 aliphatic rings. The fourth-order valence-electron chi connectivity index (χ4n) is 4.86. The number of piperidine rings is 1. The van der Waals surface area contributed by atoms with E-state index in [4.69, 9.17) is 4.98 Å². The number of nitro groups is 1. The fourth-order valence-corrected chi connectivity index (χ4v) is 5.89. The van der Waals surface area contributed by atoms with E-state index in [1.807, 2.05) is 41.8 Å². The molecule has 0 saturated carbocycles. The maximum atomic E-state index is 11.3. The van der Waals surface area contributed by atoms with Crippen LogP contribution in [-0.2, 0) is 11.8 Å². The Balaban J connectivity index is 1.64. The molecular weight excluding hydrogens is 396 g/mol. The molecule has 0 amide bonds. The number of nitrogens with zero attached hydrogens (tertiary/aromatic N) is 4. The summed E-state index contributed by atoms with van der Waals surface area (Å²) in [4.78, 5) is 18.2. The molecule has 2 aromatic carbocycles. The Morgan fingerprint density at radius 2 is 2.07 bits per heavy atom. The molecule has 1 fully saturated rings. The van der Waals surface area contributed by atoms with Crippen LogP contribution in [0.4, 0.5) is 11.4 Å². The topological polar surface area (TPSA) is 83.1 Å². The molecule has 2 aliphatic heterocycles. The monoisotopic (exact) mass is 416 g/mol. The van der Waals surface area contributed by atoms with E-state index < -0.39 is 5.41 Å². The van der Waals surface area contributed by atoms with Crippen molar-refractivity contribution >= 4 is 22.7 Å². The van der Waals surface area contributed by atoms with E-state index in [0.717, 1.165) is 53.3 Å². The second-order valence-electron chi connectivity index (χ2n) is 7.94. The predicted octanol–water partition coefficient (Wildman–Crippen LogP) is 5.09. The summed E-state index contributed by atoms with van der Waals surface area (Å²) in [5.74, 6) is 0. The summed E-state index contributed by atoms with van der Waals surface area (Å²) in [7, 11) is 0. The van der Waals surface area contributed by atoms with Gasteiger partial charge in [0.15, 0.2) is 0 Å². The summed E-state index contributed by atoms with van der Waals surface area (Å²) in [6, 6.07) is 17.7. The van der Waals surface area contributed by atoms with Crippen LogP contribution in [0.5, 0.6) is 0 Å². The Bertz CT molecular complexity index is 1150. The molecular formula is C23H20N4O2S. The highest BCUT2D eigenvalue weighted by Gasteiger charge is 2.51. The number of hydrogen-bond donors (Lipinski definition) is 0. The van der Waals surface area contributed by atoms with Gasteiger partial charge in [-0.15, -0.1) is 11.3 Å². The van der Waals surface area contributed by atoms with Crippen LogP contribution in [0.2, 0.25) is 0 Å². The lowest BCUT2D eigenvalue weighted by Gasteiger charge is -2.49. The van der Waals surface area contributed by atoms with E-state index in [1.165, 1.54) is 11.3 Å². The van der Waals surface area contributed by atoms with Crippen LogP contribution in [0, 0.1) is 21.4 Å². The van der Waals surface area contributed by atoms with E-state index in [-0.39, 0.29) is 16.7 Å². The van der Waals surface area contributed by atoms with Crippen molar-refractivity contribution in [2.24, 2.45) is 0 Å². The first-order valence-electron chi connectivity index (χ1n) is 10.1. The molecule has 5 rings (SSSR count). The summed E-state index contributed by atoms with van der Waals surface area (Å²) in [6.45, 7) is 0.857. The minimum absolute atomic E-state index is 0.0278. The molecule has 0 aliphatic carbocycles. The number of nitro benzene ring substituents is 1. The number of thiazole rings is 1. The summed E-state index contributed by atoms with van der Waals surface area (Å²) in [5, 5.41) is 24.6. The van der Waals surface area contributed by atoms with Gasteiger partial charge in [0.05, 0.1) is 22.7 Å². The zero-order valence-electron chi connectivity index (χ0n) is 16.3. The maximum absolute atomic E-state index is 11.3. The number of rotatable bonds is 3. The van der Waals surface area contributed by atoms with Crippen LogP contribution in [0.1, 0.15) is 29.8 Å². The number of aromatic nitrogens is 1. The van der Waals surface area contributed by atoms with Gasteiger partial charge in [-0.2, -0.15) is 5.26 Å². The van der Waals surface area contributed by atoms with E-state index in [1.54, 1.807) is 12.1 Å². The molecule has 0 radical (unpaired) electrons. The SMILES string of the molecule is N#C[C@@]1(c2nc(-c3ccccc3)cs2)Cc2cc([N+](=O)[O-])ccc2N2CCCC[C@H]21. The standard InChI is InChI=1S/C23H20N4O2S/c24-15-23(22-25-19(14-30-22)16-6-2-1-3-7-16)13-17-12-18(27(28)29)9-10-20(17)26-11-5-4-8-21(23)26/h1-3,6-7,9-10,12,14,21H,4-5,8,11,13H2/t21-,23-/m0/s1. The Morgan fingerprint density at radius 1 is 1.23 bits per heavy atom. The number of benzene rings is 2. The van der Waals surface area contributed by atoms with Crippen LogP contribution in [0.25, 0.3) is 11.3 Å². The predicted molar refractivity (Wildman–Crippen MR) is 117 cm³/mol. The van der Waals surface area contributed by atoms with Gasteiger partial charge in [0, 0.05) is 41.7 Å². The lowest BCUT2D eigenvalue weighted by Crippen LogP contribution is -2.56. The molecule has 0 N–H and O–H groups in total. The Hall–Kier alpha value is -3.24. The van der Waals surface area contributed by atoms with Crippen molar-refractivity contribution < 1.29 is 4.92 Å². The van der Waals surface area contributed by atoms with Crippen LogP contribution in [0.15, 0.2) is 53.9 Å². The molecule has 0 bridgehead atoms. The molecule has 0 spiro atoms. The van der Waals surface area contributed by atoms with Gasteiger partial charge in [0.1, 0.15) is 10.4 Å². The Labute approximate surface area is 178 Å². The molecule has 1 saturated heterocycles. The van der Waals surface area contributed by atoms with Gasteiger partial charge >= 0.3 is 0 Å². The van der Waals surface area contributed by atoms with Gasteiger partial charge in [-0.05, 0) is 30.9 Å². The molecule has 0 unspecified atom stereocenters. The van der Waals surface area contributed by atoms with Gasteiger partial charge in [-0.25, -0.2) is 4.98 Å². The number of fused-ring (bicyclic) bond motifs is 3. The van der Waals surface area contributed by atoms with Gasteiger partial charge in [0.2, 0.25) is 0 Å². The highest BCUT2D eigenvalue weighted by Crippen LogP contribution is 2.48. The van der Waals surface area contributed by atoms with Crippen molar-refractivity contribution in [3.05, 3.63) is 74.6 Å². The minimum Gasteiger partial charge on any atom is -0.366 e. The minimum atomic E-state index is -0.805. The highest BCUT2D eigenvalue weighted by atomic mass is 32.1. The largest absolute Gasteiger partial charge is 0.366 e. The van der Waals surface area contributed by atoms with Crippen LogP contribution in [0.3, 0.4) is 0 Å². The second-order valence-corrected chi connectivity index (χ2v) is 8.80. The van der Waals surface area contributed by atoms with E-state index in [2.05, 4.69) is 11.0 Å². The zero-order valence-corrected chi connectivity index (χ0v) is 17.1. The summed E-state index contributed by atoms with van der Waals surface area (Å²) in [5.41, 5.74) is 3.05. The number of anilines is 1.